The Morgan fingerprint density at radius 3 is 2.70 bits per heavy atom. The van der Waals surface area contributed by atoms with E-state index in [2.05, 4.69) is 15.5 Å². The molecule has 1 N–H and O–H groups in total. The second-order valence-corrected chi connectivity index (χ2v) is 4.27. The molecule has 0 saturated carbocycles. The van der Waals surface area contributed by atoms with E-state index in [0.29, 0.717) is 23.8 Å². The SMILES string of the molecule is COc1cc(NN=C(C#N)C#N)ccc1OCc1ccccn1. The molecule has 1 aromatic heterocycles. The van der Waals surface area contributed by atoms with Gasteiger partial charge in [0.25, 0.3) is 0 Å². The van der Waals surface area contributed by atoms with E-state index in [1.807, 2.05) is 18.2 Å². The minimum atomic E-state index is -0.264. The van der Waals surface area contributed by atoms with Gasteiger partial charge in [-0.1, -0.05) is 6.07 Å². The van der Waals surface area contributed by atoms with E-state index in [-0.39, 0.29) is 5.71 Å². The summed E-state index contributed by atoms with van der Waals surface area (Å²) in [5, 5.41) is 20.9. The zero-order valence-corrected chi connectivity index (χ0v) is 12.4. The third-order valence-corrected chi connectivity index (χ3v) is 2.77. The van der Waals surface area contributed by atoms with Crippen LogP contribution in [0.2, 0.25) is 0 Å². The summed E-state index contributed by atoms with van der Waals surface area (Å²) in [6, 6.07) is 14.0. The van der Waals surface area contributed by atoms with Gasteiger partial charge in [0, 0.05) is 12.3 Å². The lowest BCUT2D eigenvalue weighted by molar-refractivity contribution is 0.281. The van der Waals surface area contributed by atoms with Gasteiger partial charge < -0.3 is 9.47 Å². The van der Waals surface area contributed by atoms with Crippen LogP contribution in [0.4, 0.5) is 5.69 Å². The zero-order valence-electron chi connectivity index (χ0n) is 12.4. The fourth-order valence-corrected chi connectivity index (χ4v) is 1.69. The molecule has 0 amide bonds. The van der Waals surface area contributed by atoms with Crippen LogP contribution in [-0.2, 0) is 6.61 Å². The average Bonchev–Trinajstić information content (AvgIpc) is 2.62. The van der Waals surface area contributed by atoms with Crippen LogP contribution in [-0.4, -0.2) is 17.8 Å². The Labute approximate surface area is 133 Å². The van der Waals surface area contributed by atoms with Crippen molar-refractivity contribution < 1.29 is 9.47 Å². The van der Waals surface area contributed by atoms with E-state index >= 15 is 0 Å². The number of hydrogen-bond acceptors (Lipinski definition) is 7. The fraction of sp³-hybridized carbons (Fsp3) is 0.125. The highest BCUT2D eigenvalue weighted by atomic mass is 16.5. The summed E-state index contributed by atoms with van der Waals surface area (Å²) in [4.78, 5) is 4.18. The quantitative estimate of drug-likeness (QED) is 0.649. The monoisotopic (exact) mass is 307 g/mol. The molecule has 114 valence electrons. The first-order valence-corrected chi connectivity index (χ1v) is 6.61. The number of hydrazone groups is 1. The first kappa shape index (κ1) is 15.8. The topological polar surface area (TPSA) is 103 Å². The highest BCUT2D eigenvalue weighted by Gasteiger charge is 2.07. The maximum Gasteiger partial charge on any atom is 0.237 e. The number of nitriles is 2. The van der Waals surface area contributed by atoms with Gasteiger partial charge in [-0.25, -0.2) is 0 Å². The van der Waals surface area contributed by atoms with Gasteiger partial charge in [0.1, 0.15) is 18.7 Å². The van der Waals surface area contributed by atoms with E-state index in [4.69, 9.17) is 20.0 Å². The fourth-order valence-electron chi connectivity index (χ4n) is 1.69. The molecule has 0 saturated heterocycles. The van der Waals surface area contributed by atoms with Gasteiger partial charge in [-0.2, -0.15) is 15.6 Å². The minimum absolute atomic E-state index is 0.264. The summed E-state index contributed by atoms with van der Waals surface area (Å²) in [6.45, 7) is 0.315. The molecule has 0 spiro atoms. The van der Waals surface area contributed by atoms with Gasteiger partial charge in [-0.3, -0.25) is 10.4 Å². The van der Waals surface area contributed by atoms with Crippen molar-refractivity contribution in [1.82, 2.24) is 4.98 Å². The van der Waals surface area contributed by atoms with Gasteiger partial charge >= 0.3 is 0 Å². The average molecular weight is 307 g/mol. The van der Waals surface area contributed by atoms with Crippen LogP contribution in [0.15, 0.2) is 47.7 Å². The van der Waals surface area contributed by atoms with Crippen molar-refractivity contribution in [1.29, 1.82) is 10.5 Å². The van der Waals surface area contributed by atoms with Crippen molar-refractivity contribution in [3.8, 4) is 23.6 Å². The van der Waals surface area contributed by atoms with Crippen LogP contribution in [0.1, 0.15) is 5.69 Å². The Bertz CT molecular complexity index is 759. The molecule has 23 heavy (non-hydrogen) atoms. The lowest BCUT2D eigenvalue weighted by Crippen LogP contribution is -2.00. The molecule has 1 heterocycles. The Morgan fingerprint density at radius 1 is 1.22 bits per heavy atom. The van der Waals surface area contributed by atoms with E-state index < -0.39 is 0 Å². The Kier molecular flexibility index (Phi) is 5.50. The third-order valence-electron chi connectivity index (χ3n) is 2.77. The molecule has 7 nitrogen and oxygen atoms in total. The van der Waals surface area contributed by atoms with Crippen molar-refractivity contribution in [2.45, 2.75) is 6.61 Å². The Morgan fingerprint density at radius 2 is 2.04 bits per heavy atom. The molecular weight excluding hydrogens is 294 g/mol. The smallest absolute Gasteiger partial charge is 0.237 e. The van der Waals surface area contributed by atoms with E-state index in [1.54, 1.807) is 36.5 Å². The van der Waals surface area contributed by atoms with Gasteiger partial charge in [0.05, 0.1) is 18.5 Å². The Hall–Kier alpha value is -3.58. The summed E-state index contributed by atoms with van der Waals surface area (Å²) >= 11 is 0. The number of ether oxygens (including phenoxy) is 2. The summed E-state index contributed by atoms with van der Waals surface area (Å²) in [7, 11) is 1.52. The van der Waals surface area contributed by atoms with Crippen LogP contribution >= 0.6 is 0 Å². The lowest BCUT2D eigenvalue weighted by Gasteiger charge is -2.11. The molecule has 0 aliphatic heterocycles. The number of aromatic nitrogens is 1. The van der Waals surface area contributed by atoms with Crippen LogP contribution in [0.5, 0.6) is 11.5 Å². The molecular formula is C16H13N5O2. The van der Waals surface area contributed by atoms with E-state index in [9.17, 15) is 0 Å². The minimum Gasteiger partial charge on any atom is -0.493 e. The highest BCUT2D eigenvalue weighted by molar-refractivity contribution is 6.10. The molecule has 2 rings (SSSR count). The first-order chi connectivity index (χ1) is 11.3. The van der Waals surface area contributed by atoms with Crippen LogP contribution < -0.4 is 14.9 Å². The second-order valence-electron chi connectivity index (χ2n) is 4.27. The summed E-state index contributed by atoms with van der Waals surface area (Å²) in [6.07, 6.45) is 1.70. The number of hydrogen-bond donors (Lipinski definition) is 1. The summed E-state index contributed by atoms with van der Waals surface area (Å²) in [5.41, 5.74) is 3.72. The van der Waals surface area contributed by atoms with Gasteiger partial charge in [-0.05, 0) is 24.3 Å². The van der Waals surface area contributed by atoms with Crippen molar-refractivity contribution in [3.63, 3.8) is 0 Å². The van der Waals surface area contributed by atoms with Crippen LogP contribution in [0, 0.1) is 22.7 Å². The second kappa shape index (κ2) is 8.01. The van der Waals surface area contributed by atoms with E-state index in [0.717, 1.165) is 5.69 Å². The van der Waals surface area contributed by atoms with Gasteiger partial charge in [-0.15, -0.1) is 0 Å². The predicted molar refractivity (Wildman–Crippen MR) is 83.8 cm³/mol. The molecule has 0 aliphatic rings. The highest BCUT2D eigenvalue weighted by Crippen LogP contribution is 2.30. The normalized spacial score (nSPS) is 9.17. The molecule has 1 aromatic carbocycles. The molecule has 0 aliphatic carbocycles. The summed E-state index contributed by atoms with van der Waals surface area (Å²) < 4.78 is 11.0. The third kappa shape index (κ3) is 4.45. The Balaban J connectivity index is 2.09. The van der Waals surface area contributed by atoms with Crippen molar-refractivity contribution in [2.75, 3.05) is 12.5 Å². The number of anilines is 1. The molecule has 7 heteroatoms. The zero-order chi connectivity index (χ0) is 16.5. The maximum absolute atomic E-state index is 8.63. The molecule has 0 radical (unpaired) electrons. The summed E-state index contributed by atoms with van der Waals surface area (Å²) in [5.74, 6) is 1.05. The predicted octanol–water partition coefficient (Wildman–Crippen LogP) is 2.48. The number of pyridine rings is 1. The molecule has 2 aromatic rings. The number of rotatable bonds is 6. The van der Waals surface area contributed by atoms with Gasteiger partial charge in [0.2, 0.25) is 5.71 Å². The first-order valence-electron chi connectivity index (χ1n) is 6.61. The van der Waals surface area contributed by atoms with E-state index in [1.165, 1.54) is 7.11 Å². The lowest BCUT2D eigenvalue weighted by atomic mass is 10.3. The van der Waals surface area contributed by atoms with Crippen molar-refractivity contribution >= 4 is 11.4 Å². The van der Waals surface area contributed by atoms with Crippen molar-refractivity contribution in [3.05, 3.63) is 48.3 Å². The molecule has 0 bridgehead atoms. The van der Waals surface area contributed by atoms with Crippen LogP contribution in [0.25, 0.3) is 0 Å². The molecule has 0 unspecified atom stereocenters. The largest absolute Gasteiger partial charge is 0.493 e. The van der Waals surface area contributed by atoms with Crippen molar-refractivity contribution in [2.24, 2.45) is 5.10 Å². The maximum atomic E-state index is 8.63. The molecule has 0 fully saturated rings. The van der Waals surface area contributed by atoms with Gasteiger partial charge in [0.15, 0.2) is 11.5 Å². The molecule has 0 atom stereocenters. The number of nitrogens with zero attached hydrogens (tertiary/aromatic N) is 4. The number of nitrogens with one attached hydrogen (secondary N) is 1. The number of methoxy groups -OCH3 is 1. The number of benzene rings is 1. The standard InChI is InChI=1S/C16H13N5O2/c1-22-16-8-12(20-21-14(9-17)10-18)5-6-15(16)23-11-13-4-2-3-7-19-13/h2-8,20H,11H2,1H3. The van der Waals surface area contributed by atoms with Crippen LogP contribution in [0.3, 0.4) is 0 Å².